The molecule has 3 N–H and O–H groups in total. The van der Waals surface area contributed by atoms with Gasteiger partial charge in [0.25, 0.3) is 0 Å². The second-order valence-electron chi connectivity index (χ2n) is 6.73. The molecule has 4 rings (SSSR count). The number of aliphatic hydroxyl groups excluding tert-OH is 3. The van der Waals surface area contributed by atoms with Gasteiger partial charge in [0.1, 0.15) is 36.4 Å². The predicted molar refractivity (Wildman–Crippen MR) is 96.1 cm³/mol. The molecule has 0 bridgehead atoms. The van der Waals surface area contributed by atoms with Gasteiger partial charge in [-0.05, 0) is 30.7 Å². The van der Waals surface area contributed by atoms with Gasteiger partial charge in [-0.15, -0.1) is 0 Å². The zero-order chi connectivity index (χ0) is 20.0. The van der Waals surface area contributed by atoms with E-state index in [0.29, 0.717) is 11.2 Å². The minimum absolute atomic E-state index is 0.0373. The number of methoxy groups -OCH3 is 1. The fraction of sp³-hybridized carbons (Fsp3) is 0.368. The fourth-order valence-corrected chi connectivity index (χ4v) is 3.53. The number of halogens is 1. The van der Waals surface area contributed by atoms with Gasteiger partial charge in [-0.3, -0.25) is 0 Å². The molecular weight excluding hydrogens is 369 g/mol. The summed E-state index contributed by atoms with van der Waals surface area (Å²) in [7, 11) is 1.32. The molecule has 2 aromatic heterocycles. The maximum Gasteiger partial charge on any atom is 0.165 e. The second-order valence-corrected chi connectivity index (χ2v) is 6.73. The monoisotopic (exact) mass is 389 g/mol. The third-order valence-corrected chi connectivity index (χ3v) is 5.09. The number of benzene rings is 1. The Balaban J connectivity index is 1.65. The number of aromatic nitrogens is 3. The molecule has 0 amide bonds. The van der Waals surface area contributed by atoms with E-state index in [-0.39, 0.29) is 5.75 Å². The number of nitrogens with zero attached hydrogens (tertiary/aromatic N) is 3. The zero-order valence-corrected chi connectivity index (χ0v) is 15.2. The molecule has 1 aromatic carbocycles. The van der Waals surface area contributed by atoms with Crippen LogP contribution in [0, 0.1) is 12.7 Å². The van der Waals surface area contributed by atoms with E-state index in [2.05, 4.69) is 9.97 Å². The lowest BCUT2D eigenvalue weighted by Crippen LogP contribution is -2.34. The lowest BCUT2D eigenvalue weighted by Gasteiger charge is -2.22. The van der Waals surface area contributed by atoms with E-state index < -0.39 is 36.5 Å². The van der Waals surface area contributed by atoms with Crippen LogP contribution >= 0.6 is 0 Å². The quantitative estimate of drug-likeness (QED) is 0.616. The molecule has 1 aliphatic heterocycles. The van der Waals surface area contributed by atoms with Crippen molar-refractivity contribution in [3.8, 4) is 5.75 Å². The normalized spacial score (nSPS) is 25.9. The number of ether oxygens (including phenoxy) is 2. The van der Waals surface area contributed by atoms with Gasteiger partial charge in [-0.2, -0.15) is 0 Å². The van der Waals surface area contributed by atoms with Crippen molar-refractivity contribution in [1.82, 2.24) is 14.5 Å². The number of aryl methyl sites for hydroxylation is 1. The molecule has 3 heterocycles. The maximum atomic E-state index is 13.6. The van der Waals surface area contributed by atoms with E-state index in [1.54, 1.807) is 16.8 Å². The minimum Gasteiger partial charge on any atom is -0.494 e. The van der Waals surface area contributed by atoms with Crippen molar-refractivity contribution in [2.24, 2.45) is 0 Å². The van der Waals surface area contributed by atoms with Gasteiger partial charge in [-0.1, -0.05) is 6.07 Å². The topological polar surface area (TPSA) is 110 Å². The fourth-order valence-electron chi connectivity index (χ4n) is 3.53. The van der Waals surface area contributed by atoms with Crippen LogP contribution in [0.4, 0.5) is 4.39 Å². The molecule has 8 nitrogen and oxygen atoms in total. The van der Waals surface area contributed by atoms with Crippen LogP contribution in [0.5, 0.6) is 5.75 Å². The van der Waals surface area contributed by atoms with Gasteiger partial charge in [0.15, 0.2) is 17.8 Å². The molecular formula is C19H20FN3O5. The molecule has 0 radical (unpaired) electrons. The molecule has 0 saturated carbocycles. The molecule has 1 unspecified atom stereocenters. The van der Waals surface area contributed by atoms with E-state index >= 15 is 0 Å². The highest BCUT2D eigenvalue weighted by atomic mass is 19.1. The Labute approximate surface area is 159 Å². The summed E-state index contributed by atoms with van der Waals surface area (Å²) in [5.74, 6) is -0.608. The van der Waals surface area contributed by atoms with Crippen molar-refractivity contribution < 1.29 is 29.2 Å². The summed E-state index contributed by atoms with van der Waals surface area (Å²) in [5, 5.41) is 32.5. The van der Waals surface area contributed by atoms with Crippen LogP contribution in [0.25, 0.3) is 11.0 Å². The van der Waals surface area contributed by atoms with Crippen molar-refractivity contribution in [3.63, 3.8) is 0 Å². The maximum absolute atomic E-state index is 13.6. The van der Waals surface area contributed by atoms with E-state index in [9.17, 15) is 19.7 Å². The first-order valence-electron chi connectivity index (χ1n) is 8.73. The van der Waals surface area contributed by atoms with Crippen molar-refractivity contribution in [1.29, 1.82) is 0 Å². The van der Waals surface area contributed by atoms with E-state index in [4.69, 9.17) is 9.47 Å². The standard InChI is InChI=1S/C19H20FN3O5/c1-9-11-5-6-23(18(11)22-8-21-9)19-16(26)15(25)17(28-19)14(24)10-3-4-12(20)13(7-10)27-2/h3-8,14-17,19,24-26H,1-2H3/t14?,15-,16+,17+,19+/m0/s1. The lowest BCUT2D eigenvalue weighted by atomic mass is 9.99. The summed E-state index contributed by atoms with van der Waals surface area (Å²) in [6.07, 6.45) is -2.96. The Bertz CT molecular complexity index is 1010. The van der Waals surface area contributed by atoms with Crippen LogP contribution in [0.1, 0.15) is 23.6 Å². The lowest BCUT2D eigenvalue weighted by molar-refractivity contribution is -0.0848. The summed E-state index contributed by atoms with van der Waals surface area (Å²) >= 11 is 0. The highest BCUT2D eigenvalue weighted by molar-refractivity contribution is 5.78. The predicted octanol–water partition coefficient (Wildman–Crippen LogP) is 1.24. The molecule has 1 aliphatic rings. The van der Waals surface area contributed by atoms with Gasteiger partial charge in [-0.25, -0.2) is 14.4 Å². The number of fused-ring (bicyclic) bond motifs is 1. The van der Waals surface area contributed by atoms with Crippen LogP contribution in [-0.2, 0) is 4.74 Å². The summed E-state index contributed by atoms with van der Waals surface area (Å²) in [6.45, 7) is 1.84. The Hall–Kier alpha value is -2.59. The third kappa shape index (κ3) is 2.92. The summed E-state index contributed by atoms with van der Waals surface area (Å²) in [4.78, 5) is 8.35. The Morgan fingerprint density at radius 1 is 1.21 bits per heavy atom. The first-order valence-corrected chi connectivity index (χ1v) is 8.73. The van der Waals surface area contributed by atoms with E-state index in [1.807, 2.05) is 6.92 Å². The first-order chi connectivity index (χ1) is 13.4. The molecule has 5 atom stereocenters. The molecule has 3 aromatic rings. The molecule has 28 heavy (non-hydrogen) atoms. The Kier molecular flexibility index (Phi) is 4.76. The summed E-state index contributed by atoms with van der Waals surface area (Å²) in [6, 6.07) is 5.66. The van der Waals surface area contributed by atoms with Crippen molar-refractivity contribution in [3.05, 3.63) is 53.9 Å². The van der Waals surface area contributed by atoms with Gasteiger partial charge in [0, 0.05) is 11.6 Å². The van der Waals surface area contributed by atoms with Crippen LogP contribution in [0.15, 0.2) is 36.8 Å². The number of hydrogen-bond acceptors (Lipinski definition) is 7. The molecule has 9 heteroatoms. The number of hydrogen-bond donors (Lipinski definition) is 3. The van der Waals surface area contributed by atoms with Crippen molar-refractivity contribution in [2.75, 3.05) is 7.11 Å². The SMILES string of the molecule is COc1cc(C(O)[C@H]2O[C@@H](n3ccc4c(C)ncnc43)[C@H](O)[C@@H]2O)ccc1F. The van der Waals surface area contributed by atoms with Crippen molar-refractivity contribution in [2.45, 2.75) is 37.6 Å². The summed E-state index contributed by atoms with van der Waals surface area (Å²) in [5.41, 5.74) is 1.61. The smallest absolute Gasteiger partial charge is 0.165 e. The van der Waals surface area contributed by atoms with E-state index in [0.717, 1.165) is 17.1 Å². The number of rotatable bonds is 4. The molecule has 148 valence electrons. The highest BCUT2D eigenvalue weighted by Crippen LogP contribution is 2.38. The minimum atomic E-state index is -1.36. The van der Waals surface area contributed by atoms with Gasteiger partial charge in [0.05, 0.1) is 12.8 Å². The summed E-state index contributed by atoms with van der Waals surface area (Å²) < 4.78 is 26.0. The number of aliphatic hydroxyl groups is 3. The Morgan fingerprint density at radius 3 is 2.75 bits per heavy atom. The molecule has 1 saturated heterocycles. The largest absolute Gasteiger partial charge is 0.494 e. The Morgan fingerprint density at radius 2 is 2.00 bits per heavy atom. The van der Waals surface area contributed by atoms with Crippen LogP contribution in [0.2, 0.25) is 0 Å². The second kappa shape index (κ2) is 7.10. The average molecular weight is 389 g/mol. The van der Waals surface area contributed by atoms with Crippen molar-refractivity contribution >= 4 is 11.0 Å². The highest BCUT2D eigenvalue weighted by Gasteiger charge is 2.47. The molecule has 0 aliphatic carbocycles. The van der Waals surface area contributed by atoms with Gasteiger partial charge < -0.3 is 29.4 Å². The third-order valence-electron chi connectivity index (χ3n) is 5.09. The zero-order valence-electron chi connectivity index (χ0n) is 15.2. The van der Waals surface area contributed by atoms with Crippen LogP contribution in [-0.4, -0.2) is 55.3 Å². The van der Waals surface area contributed by atoms with Crippen LogP contribution < -0.4 is 4.74 Å². The van der Waals surface area contributed by atoms with E-state index in [1.165, 1.54) is 25.6 Å². The first kappa shape index (κ1) is 18.8. The van der Waals surface area contributed by atoms with Crippen LogP contribution in [0.3, 0.4) is 0 Å². The molecule has 0 spiro atoms. The molecule has 1 fully saturated rings. The van der Waals surface area contributed by atoms with Gasteiger partial charge >= 0.3 is 0 Å². The average Bonchev–Trinajstić information content (AvgIpc) is 3.24. The van der Waals surface area contributed by atoms with Gasteiger partial charge in [0.2, 0.25) is 0 Å².